The number of nitrogens with zero attached hydrogens (tertiary/aromatic N) is 2. The molecule has 0 saturated carbocycles. The van der Waals surface area contributed by atoms with Crippen molar-refractivity contribution < 1.29 is 14.4 Å². The fourth-order valence-electron chi connectivity index (χ4n) is 3.23. The van der Waals surface area contributed by atoms with Gasteiger partial charge in [0.2, 0.25) is 11.8 Å². The average molecular weight is 303 g/mol. The Morgan fingerprint density at radius 3 is 2.50 bits per heavy atom. The SMILES string of the molecule is CC(=O)N1c2ccccc2N(C(=O)C2CC(C)ON2)C[C@@H]1C. The van der Waals surface area contributed by atoms with Crippen LogP contribution in [0.25, 0.3) is 0 Å². The van der Waals surface area contributed by atoms with E-state index in [0.29, 0.717) is 13.0 Å². The number of benzene rings is 1. The molecular weight excluding hydrogens is 282 g/mol. The largest absolute Gasteiger partial charge is 0.307 e. The van der Waals surface area contributed by atoms with Crippen molar-refractivity contribution in [1.82, 2.24) is 5.48 Å². The van der Waals surface area contributed by atoms with E-state index in [1.807, 2.05) is 38.1 Å². The van der Waals surface area contributed by atoms with Gasteiger partial charge < -0.3 is 9.80 Å². The molecule has 22 heavy (non-hydrogen) atoms. The number of rotatable bonds is 1. The van der Waals surface area contributed by atoms with Gasteiger partial charge in [0, 0.05) is 19.9 Å². The van der Waals surface area contributed by atoms with Crippen molar-refractivity contribution in [2.75, 3.05) is 16.3 Å². The van der Waals surface area contributed by atoms with Crippen LogP contribution < -0.4 is 15.3 Å². The number of carbonyl (C=O) groups is 2. The molecule has 1 fully saturated rings. The molecule has 0 bridgehead atoms. The first-order chi connectivity index (χ1) is 10.5. The van der Waals surface area contributed by atoms with E-state index in [1.165, 1.54) is 0 Å². The highest BCUT2D eigenvalue weighted by Crippen LogP contribution is 2.36. The third kappa shape index (κ3) is 2.48. The minimum atomic E-state index is -0.334. The van der Waals surface area contributed by atoms with E-state index < -0.39 is 0 Å². The van der Waals surface area contributed by atoms with Gasteiger partial charge in [0.15, 0.2) is 0 Å². The lowest BCUT2D eigenvalue weighted by Crippen LogP contribution is -2.54. The van der Waals surface area contributed by atoms with Gasteiger partial charge in [0.1, 0.15) is 6.04 Å². The van der Waals surface area contributed by atoms with E-state index in [9.17, 15) is 9.59 Å². The minimum Gasteiger partial charge on any atom is -0.307 e. The summed E-state index contributed by atoms with van der Waals surface area (Å²) in [5, 5.41) is 0. The molecule has 1 N–H and O–H groups in total. The second-order valence-electron chi connectivity index (χ2n) is 6.01. The van der Waals surface area contributed by atoms with Crippen LogP contribution in [0.3, 0.4) is 0 Å². The van der Waals surface area contributed by atoms with Crippen molar-refractivity contribution >= 4 is 23.2 Å². The van der Waals surface area contributed by atoms with Crippen LogP contribution in [0.1, 0.15) is 27.2 Å². The number of hydrogen-bond donors (Lipinski definition) is 1. The summed E-state index contributed by atoms with van der Waals surface area (Å²) >= 11 is 0. The van der Waals surface area contributed by atoms with Crippen molar-refractivity contribution in [2.24, 2.45) is 0 Å². The predicted octanol–water partition coefficient (Wildman–Crippen LogP) is 1.46. The maximum atomic E-state index is 12.8. The molecule has 6 heteroatoms. The highest BCUT2D eigenvalue weighted by atomic mass is 16.7. The number of hydrogen-bond acceptors (Lipinski definition) is 4. The molecule has 118 valence electrons. The van der Waals surface area contributed by atoms with Crippen LogP contribution in [-0.4, -0.2) is 36.5 Å². The van der Waals surface area contributed by atoms with Crippen LogP contribution >= 0.6 is 0 Å². The van der Waals surface area contributed by atoms with Crippen LogP contribution in [-0.2, 0) is 14.4 Å². The van der Waals surface area contributed by atoms with Crippen LogP contribution in [0.4, 0.5) is 11.4 Å². The van der Waals surface area contributed by atoms with Crippen molar-refractivity contribution in [1.29, 1.82) is 0 Å². The van der Waals surface area contributed by atoms with Crippen LogP contribution in [0.2, 0.25) is 0 Å². The van der Waals surface area contributed by atoms with Crippen LogP contribution in [0.15, 0.2) is 24.3 Å². The van der Waals surface area contributed by atoms with E-state index in [-0.39, 0.29) is 30.0 Å². The first kappa shape index (κ1) is 15.0. The molecule has 2 aliphatic heterocycles. The standard InChI is InChI=1S/C16H21N3O3/c1-10-9-18(16(21)13-8-11(2)22-17-13)14-6-4-5-7-15(14)19(10)12(3)20/h4-7,10-11,13,17H,8-9H2,1-3H3/t10-,11?,13?/m0/s1. The molecule has 2 aliphatic rings. The summed E-state index contributed by atoms with van der Waals surface area (Å²) in [5.74, 6) is -0.0187. The quantitative estimate of drug-likeness (QED) is 0.853. The molecule has 1 aromatic carbocycles. The Morgan fingerprint density at radius 2 is 1.91 bits per heavy atom. The Morgan fingerprint density at radius 1 is 1.23 bits per heavy atom. The summed E-state index contributed by atoms with van der Waals surface area (Å²) in [5.41, 5.74) is 4.38. The molecule has 2 amide bonds. The second-order valence-corrected chi connectivity index (χ2v) is 6.01. The molecule has 0 spiro atoms. The lowest BCUT2D eigenvalue weighted by atomic mass is 10.0. The van der Waals surface area contributed by atoms with E-state index in [1.54, 1.807) is 16.7 Å². The van der Waals surface area contributed by atoms with Crippen LogP contribution in [0, 0.1) is 0 Å². The van der Waals surface area contributed by atoms with Gasteiger partial charge in [-0.25, -0.2) is 0 Å². The van der Waals surface area contributed by atoms with Crippen molar-refractivity contribution in [3.63, 3.8) is 0 Å². The van der Waals surface area contributed by atoms with Gasteiger partial charge in [0.25, 0.3) is 0 Å². The Bertz CT molecular complexity index is 604. The molecule has 3 atom stereocenters. The normalized spacial score (nSPS) is 27.7. The minimum absolute atomic E-state index is 0.00754. The topological polar surface area (TPSA) is 61.9 Å². The van der Waals surface area contributed by atoms with Gasteiger partial charge in [-0.3, -0.25) is 14.4 Å². The van der Waals surface area contributed by atoms with Gasteiger partial charge in [-0.2, -0.15) is 5.48 Å². The van der Waals surface area contributed by atoms with E-state index in [4.69, 9.17) is 4.84 Å². The van der Waals surface area contributed by atoms with Crippen molar-refractivity contribution in [3.8, 4) is 0 Å². The fraction of sp³-hybridized carbons (Fsp3) is 0.500. The number of fused-ring (bicyclic) bond motifs is 1. The molecule has 6 nitrogen and oxygen atoms in total. The molecule has 2 heterocycles. The molecule has 0 aromatic heterocycles. The first-order valence-corrected chi connectivity index (χ1v) is 7.60. The van der Waals surface area contributed by atoms with E-state index in [0.717, 1.165) is 11.4 Å². The van der Waals surface area contributed by atoms with E-state index in [2.05, 4.69) is 5.48 Å². The Kier molecular flexibility index (Phi) is 3.88. The van der Waals surface area contributed by atoms with Gasteiger partial charge in [-0.15, -0.1) is 0 Å². The number of anilines is 2. The van der Waals surface area contributed by atoms with Gasteiger partial charge in [0.05, 0.1) is 23.5 Å². The molecule has 0 aliphatic carbocycles. The smallest absolute Gasteiger partial charge is 0.246 e. The molecule has 2 unspecified atom stereocenters. The monoisotopic (exact) mass is 303 g/mol. The lowest BCUT2D eigenvalue weighted by Gasteiger charge is -2.41. The maximum absolute atomic E-state index is 12.8. The molecule has 1 aromatic rings. The lowest BCUT2D eigenvalue weighted by molar-refractivity contribution is -0.122. The number of carbonyl (C=O) groups excluding carboxylic acids is 2. The summed E-state index contributed by atoms with van der Waals surface area (Å²) < 4.78 is 0. The number of hydroxylamine groups is 1. The van der Waals surface area contributed by atoms with Gasteiger partial charge >= 0.3 is 0 Å². The van der Waals surface area contributed by atoms with Crippen LogP contribution in [0.5, 0.6) is 0 Å². The van der Waals surface area contributed by atoms with Gasteiger partial charge in [-0.1, -0.05) is 12.1 Å². The molecular formula is C16H21N3O3. The predicted molar refractivity (Wildman–Crippen MR) is 83.5 cm³/mol. The maximum Gasteiger partial charge on any atom is 0.246 e. The van der Waals surface area contributed by atoms with Gasteiger partial charge in [-0.05, 0) is 26.0 Å². The summed E-state index contributed by atoms with van der Waals surface area (Å²) in [6.07, 6.45) is 0.683. The Labute approximate surface area is 130 Å². The highest BCUT2D eigenvalue weighted by molar-refractivity contribution is 6.05. The summed E-state index contributed by atoms with van der Waals surface area (Å²) in [7, 11) is 0. The second kappa shape index (κ2) is 5.70. The molecule has 1 saturated heterocycles. The molecule has 0 radical (unpaired) electrons. The zero-order valence-electron chi connectivity index (χ0n) is 13.1. The Hall–Kier alpha value is -1.92. The van der Waals surface area contributed by atoms with Crippen molar-refractivity contribution in [2.45, 2.75) is 45.4 Å². The third-order valence-corrected chi connectivity index (χ3v) is 4.20. The fourth-order valence-corrected chi connectivity index (χ4v) is 3.23. The zero-order chi connectivity index (χ0) is 15.9. The average Bonchev–Trinajstić information content (AvgIpc) is 2.91. The number of amides is 2. The highest BCUT2D eigenvalue weighted by Gasteiger charge is 2.38. The number of para-hydroxylation sites is 2. The van der Waals surface area contributed by atoms with E-state index >= 15 is 0 Å². The summed E-state index contributed by atoms with van der Waals surface area (Å²) in [4.78, 5) is 33.6. The first-order valence-electron chi connectivity index (χ1n) is 7.60. The third-order valence-electron chi connectivity index (χ3n) is 4.20. The molecule has 3 rings (SSSR count). The summed E-state index contributed by atoms with van der Waals surface area (Å²) in [6, 6.07) is 7.14. The number of nitrogens with one attached hydrogen (secondary N) is 1. The zero-order valence-corrected chi connectivity index (χ0v) is 13.1. The Balaban J connectivity index is 1.94. The van der Waals surface area contributed by atoms with Crippen molar-refractivity contribution in [3.05, 3.63) is 24.3 Å². The summed E-state index contributed by atoms with van der Waals surface area (Å²) in [6.45, 7) is 5.93.